The van der Waals surface area contributed by atoms with Crippen LogP contribution in [0.3, 0.4) is 0 Å². The Labute approximate surface area is 135 Å². The second-order valence-corrected chi connectivity index (χ2v) is 7.65. The number of aryl methyl sites for hydroxylation is 1. The van der Waals surface area contributed by atoms with Crippen LogP contribution in [0.2, 0.25) is 0 Å². The molecule has 1 aromatic carbocycles. The first-order chi connectivity index (χ1) is 11.2. The van der Waals surface area contributed by atoms with Crippen molar-refractivity contribution in [1.29, 1.82) is 0 Å². The van der Waals surface area contributed by atoms with Gasteiger partial charge in [0, 0.05) is 6.07 Å². The van der Waals surface area contributed by atoms with E-state index in [0.717, 1.165) is 47.6 Å². The molecule has 0 saturated heterocycles. The van der Waals surface area contributed by atoms with Crippen molar-refractivity contribution in [3.05, 3.63) is 23.9 Å². The van der Waals surface area contributed by atoms with Crippen molar-refractivity contribution >= 4 is 11.0 Å². The van der Waals surface area contributed by atoms with E-state index in [-0.39, 0.29) is 5.88 Å². The third-order valence-corrected chi connectivity index (χ3v) is 6.28. The largest absolute Gasteiger partial charge is 0.497 e. The Morgan fingerprint density at radius 3 is 2.70 bits per heavy atom. The average Bonchev–Trinajstić information content (AvgIpc) is 3.39. The topological polar surface area (TPSA) is 55.2 Å². The first-order valence-electron chi connectivity index (χ1n) is 8.74. The van der Waals surface area contributed by atoms with Crippen molar-refractivity contribution in [1.82, 2.24) is 9.97 Å². The van der Waals surface area contributed by atoms with Gasteiger partial charge in [-0.05, 0) is 73.8 Å². The lowest BCUT2D eigenvalue weighted by Crippen LogP contribution is -2.10. The maximum Gasteiger partial charge on any atom is 0.233 e. The molecule has 5 rings (SSSR count). The summed E-state index contributed by atoms with van der Waals surface area (Å²) in [6.07, 6.45) is 7.60. The molecular formula is C19H22N2O2. The Hall–Kier alpha value is -1.84. The van der Waals surface area contributed by atoms with Crippen molar-refractivity contribution < 1.29 is 9.84 Å². The number of fused-ring (bicyclic) bond motifs is 2. The van der Waals surface area contributed by atoms with Crippen LogP contribution < -0.4 is 4.74 Å². The number of aromatic nitrogens is 2. The fourth-order valence-corrected chi connectivity index (χ4v) is 4.56. The summed E-state index contributed by atoms with van der Waals surface area (Å²) in [7, 11) is 1.63. The number of methoxy groups -OCH3 is 1. The summed E-state index contributed by atoms with van der Waals surface area (Å²) >= 11 is 0. The Morgan fingerprint density at radius 2 is 2.04 bits per heavy atom. The minimum atomic E-state index is 0.0740. The smallest absolute Gasteiger partial charge is 0.233 e. The fraction of sp³-hybridized carbons (Fsp3) is 0.579. The van der Waals surface area contributed by atoms with Crippen molar-refractivity contribution in [2.75, 3.05) is 7.11 Å². The van der Waals surface area contributed by atoms with Crippen LogP contribution in [-0.2, 0) is 6.42 Å². The second-order valence-electron chi connectivity index (χ2n) is 7.65. The molecule has 3 aliphatic carbocycles. The molecule has 3 saturated carbocycles. The lowest BCUT2D eigenvalue weighted by atomic mass is 9.87. The Morgan fingerprint density at radius 1 is 1.22 bits per heavy atom. The molecule has 120 valence electrons. The van der Waals surface area contributed by atoms with Gasteiger partial charge in [-0.15, -0.1) is 0 Å². The minimum absolute atomic E-state index is 0.0740. The standard InChI is InChI=1S/C19H22N2O2/c1-23-11-4-5-14-16(9-11)21-18(22)15(20-14)3-2-6-19(7-8-19)17-12-10-13(12)17/h4-5,9,12-13,17H,2-3,6-8,10H2,1H3,(H,21,22)/t12-,13?,17?/m0/s1. The van der Waals surface area contributed by atoms with E-state index >= 15 is 0 Å². The summed E-state index contributed by atoms with van der Waals surface area (Å²) in [5.41, 5.74) is 2.92. The summed E-state index contributed by atoms with van der Waals surface area (Å²) in [6, 6.07) is 5.60. The number of rotatable bonds is 6. The third kappa shape index (κ3) is 2.19. The molecule has 1 aromatic heterocycles. The first kappa shape index (κ1) is 13.6. The van der Waals surface area contributed by atoms with E-state index in [1.807, 2.05) is 18.2 Å². The molecular weight excluding hydrogens is 288 g/mol. The highest BCUT2D eigenvalue weighted by atomic mass is 16.5. The predicted molar refractivity (Wildman–Crippen MR) is 87.4 cm³/mol. The normalized spacial score (nSPS) is 29.2. The third-order valence-electron chi connectivity index (χ3n) is 6.28. The summed E-state index contributed by atoms with van der Waals surface area (Å²) in [5, 5.41) is 10.2. The number of nitrogens with zero attached hydrogens (tertiary/aromatic N) is 2. The number of hydrogen-bond donors (Lipinski definition) is 1. The minimum Gasteiger partial charge on any atom is -0.497 e. The maximum atomic E-state index is 10.2. The molecule has 3 fully saturated rings. The van der Waals surface area contributed by atoms with Gasteiger partial charge in [0.2, 0.25) is 5.88 Å². The van der Waals surface area contributed by atoms with Crippen molar-refractivity contribution in [2.24, 2.45) is 23.2 Å². The number of benzene rings is 1. The molecule has 4 nitrogen and oxygen atoms in total. The zero-order valence-corrected chi connectivity index (χ0v) is 13.5. The van der Waals surface area contributed by atoms with E-state index in [0.29, 0.717) is 10.9 Å². The lowest BCUT2D eigenvalue weighted by molar-refractivity contribution is 0.325. The molecule has 2 unspecified atom stereocenters. The van der Waals surface area contributed by atoms with Crippen LogP contribution in [0.15, 0.2) is 18.2 Å². The van der Waals surface area contributed by atoms with E-state index in [1.54, 1.807) is 7.11 Å². The van der Waals surface area contributed by atoms with Crippen LogP contribution in [0.5, 0.6) is 11.6 Å². The summed E-state index contributed by atoms with van der Waals surface area (Å²) in [6.45, 7) is 0. The molecule has 0 amide bonds. The van der Waals surface area contributed by atoms with Crippen LogP contribution >= 0.6 is 0 Å². The van der Waals surface area contributed by atoms with E-state index < -0.39 is 0 Å². The number of ether oxygens (including phenoxy) is 1. The SMILES string of the molecule is COc1ccc2nc(CCCC3(C4C5C[C@@H]54)CC3)c(O)nc2c1. The predicted octanol–water partition coefficient (Wildman–Crippen LogP) is 3.71. The zero-order chi connectivity index (χ0) is 15.6. The average molecular weight is 310 g/mol. The summed E-state index contributed by atoms with van der Waals surface area (Å²) in [4.78, 5) is 8.90. The maximum absolute atomic E-state index is 10.2. The molecule has 0 aliphatic heterocycles. The molecule has 1 N–H and O–H groups in total. The summed E-state index contributed by atoms with van der Waals surface area (Å²) in [5.74, 6) is 4.07. The van der Waals surface area contributed by atoms with Gasteiger partial charge in [-0.25, -0.2) is 9.97 Å². The van der Waals surface area contributed by atoms with Crippen LogP contribution in [0.25, 0.3) is 11.0 Å². The Kier molecular flexibility index (Phi) is 2.71. The zero-order valence-electron chi connectivity index (χ0n) is 13.5. The van der Waals surface area contributed by atoms with Gasteiger partial charge >= 0.3 is 0 Å². The van der Waals surface area contributed by atoms with E-state index in [4.69, 9.17) is 4.74 Å². The van der Waals surface area contributed by atoms with Crippen molar-refractivity contribution in [3.63, 3.8) is 0 Å². The second kappa shape index (κ2) is 4.59. The molecule has 3 atom stereocenters. The van der Waals surface area contributed by atoms with Gasteiger partial charge in [0.25, 0.3) is 0 Å². The monoisotopic (exact) mass is 310 g/mol. The molecule has 0 spiro atoms. The Balaban J connectivity index is 1.29. The van der Waals surface area contributed by atoms with Crippen molar-refractivity contribution in [3.8, 4) is 11.6 Å². The van der Waals surface area contributed by atoms with E-state index in [1.165, 1.54) is 25.7 Å². The van der Waals surface area contributed by atoms with Gasteiger partial charge in [0.1, 0.15) is 11.4 Å². The van der Waals surface area contributed by atoms with Gasteiger partial charge in [0.05, 0.1) is 18.1 Å². The van der Waals surface area contributed by atoms with Gasteiger partial charge in [-0.2, -0.15) is 0 Å². The van der Waals surface area contributed by atoms with Gasteiger partial charge < -0.3 is 9.84 Å². The highest BCUT2D eigenvalue weighted by Gasteiger charge is 2.73. The molecule has 0 radical (unpaired) electrons. The highest BCUT2D eigenvalue weighted by Crippen LogP contribution is 2.80. The van der Waals surface area contributed by atoms with Crippen LogP contribution in [0.1, 0.15) is 37.8 Å². The molecule has 1 heterocycles. The molecule has 3 aliphatic rings. The van der Waals surface area contributed by atoms with E-state index in [9.17, 15) is 5.11 Å². The molecule has 4 heteroatoms. The first-order valence-corrected chi connectivity index (χ1v) is 8.74. The summed E-state index contributed by atoms with van der Waals surface area (Å²) < 4.78 is 5.19. The number of aromatic hydroxyl groups is 1. The van der Waals surface area contributed by atoms with Crippen LogP contribution in [0.4, 0.5) is 0 Å². The van der Waals surface area contributed by atoms with Crippen LogP contribution in [-0.4, -0.2) is 22.2 Å². The van der Waals surface area contributed by atoms with Gasteiger partial charge in [-0.1, -0.05) is 0 Å². The van der Waals surface area contributed by atoms with Crippen LogP contribution in [0, 0.1) is 23.2 Å². The number of hydrogen-bond acceptors (Lipinski definition) is 4. The van der Waals surface area contributed by atoms with Gasteiger partial charge in [-0.3, -0.25) is 0 Å². The fourth-order valence-electron chi connectivity index (χ4n) is 4.56. The van der Waals surface area contributed by atoms with Gasteiger partial charge in [0.15, 0.2) is 0 Å². The highest BCUT2D eigenvalue weighted by molar-refractivity contribution is 5.76. The van der Waals surface area contributed by atoms with Crippen molar-refractivity contribution in [2.45, 2.75) is 38.5 Å². The van der Waals surface area contributed by atoms with E-state index in [2.05, 4.69) is 9.97 Å². The molecule has 0 bridgehead atoms. The molecule has 23 heavy (non-hydrogen) atoms. The Bertz CT molecular complexity index is 776. The lowest BCUT2D eigenvalue weighted by Gasteiger charge is -2.18. The molecule has 2 aromatic rings. The quantitative estimate of drug-likeness (QED) is 0.883.